The summed E-state index contributed by atoms with van der Waals surface area (Å²) >= 11 is 0. The lowest BCUT2D eigenvalue weighted by atomic mass is 9.95. The van der Waals surface area contributed by atoms with Gasteiger partial charge in [-0.05, 0) is 38.3 Å². The summed E-state index contributed by atoms with van der Waals surface area (Å²) in [4.78, 5) is 32.8. The first-order valence-corrected chi connectivity index (χ1v) is 8.92. The van der Waals surface area contributed by atoms with Gasteiger partial charge in [-0.25, -0.2) is 9.78 Å². The average molecular weight is 365 g/mol. The van der Waals surface area contributed by atoms with E-state index in [1.165, 1.54) is 0 Å². The van der Waals surface area contributed by atoms with Gasteiger partial charge in [0.25, 0.3) is 0 Å². The smallest absolute Gasteiger partial charge is 0.361 e. The predicted octanol–water partition coefficient (Wildman–Crippen LogP) is 3.66. The molecule has 0 bridgehead atoms. The number of benzene rings is 1. The van der Waals surface area contributed by atoms with E-state index in [-0.39, 0.29) is 29.6 Å². The van der Waals surface area contributed by atoms with Gasteiger partial charge in [0, 0.05) is 29.4 Å². The van der Waals surface area contributed by atoms with Crippen LogP contribution in [0, 0.1) is 6.92 Å². The summed E-state index contributed by atoms with van der Waals surface area (Å²) in [6, 6.07) is 5.46. The number of nitrogens with zero attached hydrogens (tertiary/aromatic N) is 2. The topological polar surface area (TPSA) is 98.1 Å². The van der Waals surface area contributed by atoms with Crippen molar-refractivity contribution in [3.63, 3.8) is 0 Å². The summed E-state index contributed by atoms with van der Waals surface area (Å²) in [7, 11) is 0. The van der Waals surface area contributed by atoms with Crippen LogP contribution in [0.1, 0.15) is 63.4 Å². The third kappa shape index (κ3) is 3.16. The fourth-order valence-electron chi connectivity index (χ4n) is 3.11. The van der Waals surface area contributed by atoms with Crippen molar-refractivity contribution in [1.29, 1.82) is 0 Å². The van der Waals surface area contributed by atoms with E-state index in [4.69, 9.17) is 9.26 Å². The molecule has 7 heteroatoms. The number of ketones is 1. The summed E-state index contributed by atoms with van der Waals surface area (Å²) < 4.78 is 10.4. The molecule has 1 saturated carbocycles. The number of carbonyl (C=O) groups excluding carboxylic acids is 2. The van der Waals surface area contributed by atoms with Gasteiger partial charge in [0.15, 0.2) is 11.5 Å². The van der Waals surface area contributed by atoms with Gasteiger partial charge in [0.2, 0.25) is 5.69 Å². The molecule has 27 heavy (non-hydrogen) atoms. The Kier molecular flexibility index (Phi) is 4.35. The van der Waals surface area contributed by atoms with Crippen LogP contribution < -0.4 is 0 Å². The molecule has 1 fully saturated rings. The predicted molar refractivity (Wildman–Crippen MR) is 96.6 cm³/mol. The Bertz CT molecular complexity index is 1000. The van der Waals surface area contributed by atoms with Crippen LogP contribution in [0.2, 0.25) is 0 Å². The van der Waals surface area contributed by atoms with Crippen molar-refractivity contribution in [2.45, 2.75) is 32.6 Å². The number of H-pyrrole nitrogens is 1. The van der Waals surface area contributed by atoms with Gasteiger partial charge in [-0.1, -0.05) is 17.3 Å². The maximum atomic E-state index is 13.3. The molecule has 3 aromatic rings. The van der Waals surface area contributed by atoms with E-state index in [0.29, 0.717) is 11.3 Å². The van der Waals surface area contributed by atoms with Crippen LogP contribution in [-0.2, 0) is 4.74 Å². The highest BCUT2D eigenvalue weighted by molar-refractivity contribution is 6.15. The zero-order valence-electron chi connectivity index (χ0n) is 15.1. The zero-order valence-corrected chi connectivity index (χ0v) is 15.1. The average Bonchev–Trinajstić information content (AvgIpc) is 3.19. The van der Waals surface area contributed by atoms with Crippen molar-refractivity contribution in [2.75, 3.05) is 6.61 Å². The molecule has 7 nitrogen and oxygen atoms in total. The summed E-state index contributed by atoms with van der Waals surface area (Å²) in [6.07, 6.45) is 5.27. The Balaban J connectivity index is 1.74. The maximum Gasteiger partial charge on any atom is 0.361 e. The molecule has 4 rings (SSSR count). The third-order valence-electron chi connectivity index (χ3n) is 4.61. The van der Waals surface area contributed by atoms with Crippen LogP contribution in [0.3, 0.4) is 0 Å². The number of aryl methyl sites for hydroxylation is 1. The molecule has 1 aromatic carbocycles. The van der Waals surface area contributed by atoms with E-state index < -0.39 is 5.97 Å². The van der Waals surface area contributed by atoms with Crippen molar-refractivity contribution < 1.29 is 18.8 Å². The number of esters is 1. The lowest BCUT2D eigenvalue weighted by molar-refractivity contribution is 0.0512. The van der Waals surface area contributed by atoms with Crippen LogP contribution in [0.5, 0.6) is 0 Å². The minimum atomic E-state index is -0.638. The first-order valence-electron chi connectivity index (χ1n) is 8.92. The second-order valence-electron chi connectivity index (χ2n) is 6.56. The normalized spacial score (nSPS) is 13.6. The first-order chi connectivity index (χ1) is 13.1. The van der Waals surface area contributed by atoms with Crippen LogP contribution in [0.15, 0.2) is 35.1 Å². The van der Waals surface area contributed by atoms with Crippen molar-refractivity contribution in [3.8, 4) is 11.4 Å². The number of hydrogen-bond donors (Lipinski definition) is 1. The molecule has 0 unspecified atom stereocenters. The number of carbonyl (C=O) groups is 2. The monoisotopic (exact) mass is 365 g/mol. The Labute approximate surface area is 155 Å². The molecule has 0 spiro atoms. The van der Waals surface area contributed by atoms with Crippen molar-refractivity contribution in [1.82, 2.24) is 15.1 Å². The summed E-state index contributed by atoms with van der Waals surface area (Å²) in [6.45, 7) is 3.77. The highest BCUT2D eigenvalue weighted by atomic mass is 16.5. The molecular weight excluding hydrogens is 346 g/mol. The lowest BCUT2D eigenvalue weighted by Gasteiger charge is -2.08. The molecule has 2 aromatic heterocycles. The number of ether oxygens (including phenoxy) is 1. The molecule has 138 valence electrons. The van der Waals surface area contributed by atoms with E-state index >= 15 is 0 Å². The number of aromatic amines is 1. The fraction of sp³-hybridized carbons (Fsp3) is 0.300. The molecule has 1 N–H and O–H groups in total. The second-order valence-corrected chi connectivity index (χ2v) is 6.56. The van der Waals surface area contributed by atoms with E-state index in [0.717, 1.165) is 29.8 Å². The molecule has 1 aliphatic rings. The standard InChI is InChI=1S/C20H19N3O4/c1-3-26-20(25)16-15(18(27-23-16)12-4-5-12)17(24)14-7-6-13(10-11(14)2)19-21-8-9-22-19/h6-10,12H,3-5H2,1-2H3,(H,21,22). The van der Waals surface area contributed by atoms with Gasteiger partial charge < -0.3 is 14.2 Å². The summed E-state index contributed by atoms with van der Waals surface area (Å²) in [5, 5.41) is 3.85. The number of rotatable bonds is 6. The van der Waals surface area contributed by atoms with Crippen molar-refractivity contribution >= 4 is 11.8 Å². The molecular formula is C20H19N3O4. The van der Waals surface area contributed by atoms with Crippen molar-refractivity contribution in [3.05, 3.63) is 58.7 Å². The van der Waals surface area contributed by atoms with Gasteiger partial charge in [0.1, 0.15) is 11.4 Å². The van der Waals surface area contributed by atoms with E-state index in [1.807, 2.05) is 19.1 Å². The van der Waals surface area contributed by atoms with Crippen molar-refractivity contribution in [2.24, 2.45) is 0 Å². The minimum absolute atomic E-state index is 0.0433. The van der Waals surface area contributed by atoms with Gasteiger partial charge in [-0.2, -0.15) is 0 Å². The number of nitrogens with one attached hydrogen (secondary N) is 1. The van der Waals surface area contributed by atoms with Crippen LogP contribution in [0.4, 0.5) is 0 Å². The molecule has 0 aliphatic heterocycles. The largest absolute Gasteiger partial charge is 0.461 e. The van der Waals surface area contributed by atoms with Crippen LogP contribution >= 0.6 is 0 Å². The number of aromatic nitrogens is 3. The third-order valence-corrected chi connectivity index (χ3v) is 4.61. The summed E-state index contributed by atoms with van der Waals surface area (Å²) in [5.41, 5.74) is 2.35. The fourth-order valence-corrected chi connectivity index (χ4v) is 3.11. The molecule has 0 radical (unpaired) electrons. The number of imidazole rings is 1. The van der Waals surface area contributed by atoms with E-state index in [9.17, 15) is 9.59 Å². The Morgan fingerprint density at radius 1 is 1.33 bits per heavy atom. The Morgan fingerprint density at radius 2 is 2.15 bits per heavy atom. The maximum absolute atomic E-state index is 13.3. The van der Waals surface area contributed by atoms with Crippen LogP contribution in [0.25, 0.3) is 11.4 Å². The molecule has 0 atom stereocenters. The molecule has 2 heterocycles. The van der Waals surface area contributed by atoms with Gasteiger partial charge >= 0.3 is 5.97 Å². The summed E-state index contributed by atoms with van der Waals surface area (Å²) in [5.74, 6) is 0.443. The highest BCUT2D eigenvalue weighted by Crippen LogP contribution is 2.43. The molecule has 0 amide bonds. The first kappa shape index (κ1) is 17.2. The molecule has 0 saturated heterocycles. The lowest BCUT2D eigenvalue weighted by Crippen LogP contribution is -2.14. The van der Waals surface area contributed by atoms with Gasteiger partial charge in [0.05, 0.1) is 6.61 Å². The highest BCUT2D eigenvalue weighted by Gasteiger charge is 2.37. The number of hydrogen-bond acceptors (Lipinski definition) is 6. The SMILES string of the molecule is CCOC(=O)c1noc(C2CC2)c1C(=O)c1ccc(-c2ncc[nH]2)cc1C. The Hall–Kier alpha value is -3.22. The van der Waals surface area contributed by atoms with Crippen LogP contribution in [-0.4, -0.2) is 33.5 Å². The van der Waals surface area contributed by atoms with Gasteiger partial charge in [-0.15, -0.1) is 0 Å². The second kappa shape index (κ2) is 6.83. The van der Waals surface area contributed by atoms with E-state index in [2.05, 4.69) is 15.1 Å². The quantitative estimate of drug-likeness (QED) is 0.529. The Morgan fingerprint density at radius 3 is 2.78 bits per heavy atom. The molecule has 1 aliphatic carbocycles. The zero-order chi connectivity index (χ0) is 19.0. The van der Waals surface area contributed by atoms with E-state index in [1.54, 1.807) is 25.4 Å². The minimum Gasteiger partial charge on any atom is -0.461 e. The van der Waals surface area contributed by atoms with Gasteiger partial charge in [-0.3, -0.25) is 4.79 Å².